The highest BCUT2D eigenvalue weighted by molar-refractivity contribution is 7.89. The van der Waals surface area contributed by atoms with Crippen LogP contribution in [-0.4, -0.2) is 48.4 Å². The monoisotopic (exact) mass is 266 g/mol. The van der Waals surface area contributed by atoms with Crippen molar-refractivity contribution in [1.82, 2.24) is 19.6 Å². The summed E-state index contributed by atoms with van der Waals surface area (Å²) in [5.74, 6) is 0. The lowest BCUT2D eigenvalue weighted by molar-refractivity contribution is 0.309. The Hall–Kier alpha value is -0.630. The molecule has 0 aliphatic carbocycles. The highest BCUT2D eigenvalue weighted by atomic mass is 35.5. The van der Waals surface area contributed by atoms with Crippen LogP contribution in [0.15, 0.2) is 17.6 Å². The Morgan fingerprint density at radius 2 is 2.31 bits per heavy atom. The molecule has 0 bridgehead atoms. The van der Waals surface area contributed by atoms with Crippen LogP contribution >= 0.6 is 12.4 Å². The molecule has 1 atom stereocenters. The van der Waals surface area contributed by atoms with E-state index in [0.717, 1.165) is 0 Å². The van der Waals surface area contributed by atoms with Crippen molar-refractivity contribution < 1.29 is 8.42 Å². The molecule has 92 valence electrons. The quantitative estimate of drug-likeness (QED) is 0.778. The molecule has 6 nitrogen and oxygen atoms in total. The van der Waals surface area contributed by atoms with Crippen molar-refractivity contribution in [1.29, 1.82) is 0 Å². The van der Waals surface area contributed by atoms with Gasteiger partial charge in [0, 0.05) is 25.7 Å². The fourth-order valence-electron chi connectivity index (χ4n) is 1.64. The molecule has 0 aromatic carbocycles. The van der Waals surface area contributed by atoms with E-state index in [1.54, 1.807) is 0 Å². The van der Waals surface area contributed by atoms with Gasteiger partial charge in [-0.3, -0.25) is 0 Å². The number of hydrogen-bond donors (Lipinski definition) is 2. The van der Waals surface area contributed by atoms with E-state index >= 15 is 0 Å². The molecule has 1 fully saturated rings. The number of H-pyrrole nitrogens is 1. The molecule has 8 heteroatoms. The lowest BCUT2D eigenvalue weighted by Gasteiger charge is -2.30. The molecule has 1 aliphatic heterocycles. The minimum absolute atomic E-state index is 0. The topological polar surface area (TPSA) is 78.1 Å². The molecule has 0 spiro atoms. The maximum Gasteiger partial charge on any atom is 0.260 e. The standard InChI is InChI=1S/C8H14N4O2S.ClH/c1-7-5-12(3-2-10-7)15(13,14)8-4-9-6-11-8;/h4,6-7,10H,2-3,5H2,1H3,(H,9,11);1H/t7-;/m1./s1. The summed E-state index contributed by atoms with van der Waals surface area (Å²) in [4.78, 5) is 6.35. The van der Waals surface area contributed by atoms with Gasteiger partial charge in [-0.05, 0) is 6.92 Å². The van der Waals surface area contributed by atoms with Gasteiger partial charge < -0.3 is 10.3 Å². The normalized spacial score (nSPS) is 22.7. The average Bonchev–Trinajstić information content (AvgIpc) is 2.71. The summed E-state index contributed by atoms with van der Waals surface area (Å²) < 4.78 is 25.5. The van der Waals surface area contributed by atoms with Crippen molar-refractivity contribution in [3.05, 3.63) is 12.5 Å². The van der Waals surface area contributed by atoms with Crippen LogP contribution in [0.1, 0.15) is 6.92 Å². The molecule has 0 unspecified atom stereocenters. The van der Waals surface area contributed by atoms with Crippen LogP contribution in [0.2, 0.25) is 0 Å². The number of nitrogens with zero attached hydrogens (tertiary/aromatic N) is 2. The van der Waals surface area contributed by atoms with Gasteiger partial charge in [-0.25, -0.2) is 13.4 Å². The van der Waals surface area contributed by atoms with Gasteiger partial charge in [-0.2, -0.15) is 4.31 Å². The minimum Gasteiger partial charge on any atom is -0.335 e. The maximum atomic E-state index is 12.0. The highest BCUT2D eigenvalue weighted by Crippen LogP contribution is 2.13. The number of sulfonamides is 1. The Balaban J connectivity index is 0.00000128. The molecule has 1 saturated heterocycles. The Morgan fingerprint density at radius 3 is 2.88 bits per heavy atom. The van der Waals surface area contributed by atoms with E-state index in [-0.39, 0.29) is 23.5 Å². The lowest BCUT2D eigenvalue weighted by atomic mass is 10.3. The molecule has 1 aliphatic rings. The summed E-state index contributed by atoms with van der Waals surface area (Å²) >= 11 is 0. The van der Waals surface area contributed by atoms with Gasteiger partial charge in [-0.1, -0.05) is 0 Å². The summed E-state index contributed by atoms with van der Waals surface area (Å²) in [5, 5.41) is 3.36. The molecular formula is C8H15ClN4O2S. The smallest absolute Gasteiger partial charge is 0.260 e. The van der Waals surface area contributed by atoms with Gasteiger partial charge in [0.2, 0.25) is 0 Å². The molecule has 0 saturated carbocycles. The summed E-state index contributed by atoms with van der Waals surface area (Å²) in [5.41, 5.74) is 0. The van der Waals surface area contributed by atoms with Crippen molar-refractivity contribution in [2.75, 3.05) is 19.6 Å². The van der Waals surface area contributed by atoms with Crippen molar-refractivity contribution >= 4 is 22.4 Å². The van der Waals surface area contributed by atoms with Crippen LogP contribution in [0.25, 0.3) is 0 Å². The second-order valence-corrected chi connectivity index (χ2v) is 5.54. The average molecular weight is 267 g/mol. The van der Waals surface area contributed by atoms with Gasteiger partial charge >= 0.3 is 0 Å². The molecule has 1 aromatic heterocycles. The molecule has 0 amide bonds. The van der Waals surface area contributed by atoms with Crippen molar-refractivity contribution in [3.63, 3.8) is 0 Å². The first-order chi connectivity index (χ1) is 7.10. The number of imidazole rings is 1. The Kier molecular flexibility index (Phi) is 4.31. The van der Waals surface area contributed by atoms with Crippen molar-refractivity contribution in [2.24, 2.45) is 0 Å². The van der Waals surface area contributed by atoms with Gasteiger partial charge in [-0.15, -0.1) is 12.4 Å². The van der Waals surface area contributed by atoms with Crippen molar-refractivity contribution in [3.8, 4) is 0 Å². The van der Waals surface area contributed by atoms with E-state index in [1.165, 1.54) is 16.8 Å². The molecule has 0 radical (unpaired) electrons. The number of rotatable bonds is 2. The number of aromatic nitrogens is 2. The number of piperazine rings is 1. The number of aromatic amines is 1. The predicted molar refractivity (Wildman–Crippen MR) is 62.1 cm³/mol. The van der Waals surface area contributed by atoms with E-state index in [9.17, 15) is 8.42 Å². The van der Waals surface area contributed by atoms with E-state index in [2.05, 4.69) is 15.3 Å². The fourth-order valence-corrected chi connectivity index (χ4v) is 3.06. The largest absolute Gasteiger partial charge is 0.335 e. The third-order valence-corrected chi connectivity index (χ3v) is 4.21. The summed E-state index contributed by atoms with van der Waals surface area (Å²) in [6.07, 6.45) is 2.71. The molecule has 2 N–H and O–H groups in total. The van der Waals surface area contributed by atoms with Gasteiger partial charge in [0.25, 0.3) is 10.0 Å². The predicted octanol–water partition coefficient (Wildman–Crippen LogP) is -0.186. The highest BCUT2D eigenvalue weighted by Gasteiger charge is 2.29. The molecule has 2 rings (SSSR count). The lowest BCUT2D eigenvalue weighted by Crippen LogP contribution is -2.51. The molecule has 1 aromatic rings. The number of nitrogens with one attached hydrogen (secondary N) is 2. The molecular weight excluding hydrogens is 252 g/mol. The summed E-state index contributed by atoms with van der Waals surface area (Å²) in [7, 11) is -3.38. The van der Waals surface area contributed by atoms with E-state index in [4.69, 9.17) is 0 Å². The molecule has 2 heterocycles. The zero-order chi connectivity index (χ0) is 10.9. The third kappa shape index (κ3) is 2.54. The van der Waals surface area contributed by atoms with Crippen molar-refractivity contribution in [2.45, 2.75) is 18.0 Å². The maximum absolute atomic E-state index is 12.0. The van der Waals surface area contributed by atoms with E-state index in [1.807, 2.05) is 6.92 Å². The van der Waals surface area contributed by atoms with E-state index in [0.29, 0.717) is 19.6 Å². The first-order valence-corrected chi connectivity index (χ1v) is 6.26. The Bertz CT molecular complexity index is 419. The number of hydrogen-bond acceptors (Lipinski definition) is 4. The second kappa shape index (κ2) is 5.13. The van der Waals surface area contributed by atoms with E-state index < -0.39 is 10.0 Å². The second-order valence-electron chi connectivity index (χ2n) is 3.63. The zero-order valence-electron chi connectivity index (χ0n) is 8.88. The summed E-state index contributed by atoms with van der Waals surface area (Å²) in [6, 6.07) is 0.191. The Labute approximate surface area is 101 Å². The first kappa shape index (κ1) is 13.4. The van der Waals surface area contributed by atoms with Crippen LogP contribution in [0.5, 0.6) is 0 Å². The fraction of sp³-hybridized carbons (Fsp3) is 0.625. The summed E-state index contributed by atoms with van der Waals surface area (Å²) in [6.45, 7) is 3.66. The third-order valence-electron chi connectivity index (χ3n) is 2.42. The molecule has 16 heavy (non-hydrogen) atoms. The van der Waals surface area contributed by atoms with Gasteiger partial charge in [0.1, 0.15) is 0 Å². The van der Waals surface area contributed by atoms with Crippen LogP contribution < -0.4 is 5.32 Å². The first-order valence-electron chi connectivity index (χ1n) is 4.82. The number of halogens is 1. The van der Waals surface area contributed by atoms with Crippen LogP contribution in [0.4, 0.5) is 0 Å². The minimum atomic E-state index is -3.38. The van der Waals surface area contributed by atoms with Gasteiger partial charge in [0.15, 0.2) is 5.03 Å². The Morgan fingerprint density at radius 1 is 1.56 bits per heavy atom. The zero-order valence-corrected chi connectivity index (χ0v) is 10.5. The van der Waals surface area contributed by atoms with Gasteiger partial charge in [0.05, 0.1) is 12.5 Å². The van der Waals surface area contributed by atoms with Crippen LogP contribution in [0, 0.1) is 0 Å². The SMILES string of the molecule is C[C@@H]1CN(S(=O)(=O)c2cnc[nH]2)CCN1.Cl. The van der Waals surface area contributed by atoms with Crippen LogP contribution in [0.3, 0.4) is 0 Å². The van der Waals surface area contributed by atoms with Crippen LogP contribution in [-0.2, 0) is 10.0 Å².